The van der Waals surface area contributed by atoms with Gasteiger partial charge in [0.2, 0.25) is 5.91 Å². The highest BCUT2D eigenvalue weighted by Gasteiger charge is 2.39. The number of hydrogen-bond donors (Lipinski definition) is 0. The number of carbonyl (C=O) groups excluding carboxylic acids is 2. The number of rotatable bonds is 2. The summed E-state index contributed by atoms with van der Waals surface area (Å²) >= 11 is 3.37. The van der Waals surface area contributed by atoms with Crippen LogP contribution in [0.1, 0.15) is 37.2 Å². The van der Waals surface area contributed by atoms with Crippen molar-refractivity contribution >= 4 is 33.4 Å². The monoisotopic (exact) mass is 396 g/mol. The number of allylic oxidation sites excluding steroid dienone is 2. The molecule has 1 aliphatic carbocycles. The van der Waals surface area contributed by atoms with E-state index in [-0.39, 0.29) is 17.6 Å². The summed E-state index contributed by atoms with van der Waals surface area (Å²) in [6.45, 7) is 0. The number of anilines is 1. The first-order valence-corrected chi connectivity index (χ1v) is 9.20. The number of pyridine rings is 1. The lowest BCUT2D eigenvalue weighted by Gasteiger charge is -2.37. The Morgan fingerprint density at radius 3 is 2.56 bits per heavy atom. The fourth-order valence-electron chi connectivity index (χ4n) is 3.73. The van der Waals surface area contributed by atoms with Gasteiger partial charge in [-0.05, 0) is 46.5 Å². The zero-order chi connectivity index (χ0) is 17.4. The molecule has 0 spiro atoms. The van der Waals surface area contributed by atoms with Gasteiger partial charge in [-0.2, -0.15) is 0 Å². The van der Waals surface area contributed by atoms with Crippen LogP contribution in [0.3, 0.4) is 0 Å². The predicted molar refractivity (Wildman–Crippen MR) is 99.1 cm³/mol. The second-order valence-corrected chi connectivity index (χ2v) is 7.28. The van der Waals surface area contributed by atoms with Gasteiger partial charge in [-0.3, -0.25) is 14.5 Å². The molecule has 1 atom stereocenters. The van der Waals surface area contributed by atoms with Gasteiger partial charge in [0, 0.05) is 40.7 Å². The molecular formula is C20H17BrN2O2. The van der Waals surface area contributed by atoms with Crippen molar-refractivity contribution in [2.24, 2.45) is 0 Å². The molecule has 1 unspecified atom stereocenters. The fraction of sp³-hybridized carbons (Fsp3) is 0.250. The van der Waals surface area contributed by atoms with Crippen LogP contribution in [0.25, 0.3) is 0 Å². The Morgan fingerprint density at radius 1 is 1.04 bits per heavy atom. The van der Waals surface area contributed by atoms with Gasteiger partial charge in [-0.15, -0.1) is 0 Å². The van der Waals surface area contributed by atoms with Gasteiger partial charge >= 0.3 is 0 Å². The lowest BCUT2D eigenvalue weighted by molar-refractivity contribution is -0.120. The molecule has 2 aliphatic rings. The minimum absolute atomic E-state index is 0.00266. The van der Waals surface area contributed by atoms with E-state index < -0.39 is 0 Å². The number of nitrogens with zero attached hydrogens (tertiary/aromatic N) is 2. The third kappa shape index (κ3) is 2.93. The highest BCUT2D eigenvalue weighted by molar-refractivity contribution is 9.10. The number of carbonyl (C=O) groups is 2. The standard InChI is InChI=1S/C20H17BrN2O2/c21-14-9-10-18(22-12-14)23-16-7-4-8-17(24)20(16)15(11-19(23)25)13-5-2-1-3-6-13/h1-3,5-6,9-10,12,15H,4,7-8,11H2. The van der Waals surface area contributed by atoms with Crippen molar-refractivity contribution in [2.75, 3.05) is 4.90 Å². The molecule has 0 saturated carbocycles. The van der Waals surface area contributed by atoms with E-state index in [1.807, 2.05) is 42.5 Å². The molecule has 0 fully saturated rings. The minimum atomic E-state index is -0.150. The summed E-state index contributed by atoms with van der Waals surface area (Å²) in [7, 11) is 0. The Bertz CT molecular complexity index is 859. The number of amides is 1. The molecule has 0 bridgehead atoms. The molecule has 4 rings (SSSR count). The van der Waals surface area contributed by atoms with Crippen LogP contribution in [0.4, 0.5) is 5.82 Å². The van der Waals surface area contributed by atoms with E-state index in [1.54, 1.807) is 11.1 Å². The first-order valence-electron chi connectivity index (χ1n) is 8.41. The maximum Gasteiger partial charge on any atom is 0.233 e. The first kappa shape index (κ1) is 16.2. The van der Waals surface area contributed by atoms with Crippen LogP contribution in [0.15, 0.2) is 64.4 Å². The maximum atomic E-state index is 13.0. The zero-order valence-corrected chi connectivity index (χ0v) is 15.2. The van der Waals surface area contributed by atoms with Crippen molar-refractivity contribution in [1.29, 1.82) is 0 Å². The molecule has 1 amide bonds. The van der Waals surface area contributed by atoms with Crippen LogP contribution >= 0.6 is 15.9 Å². The summed E-state index contributed by atoms with van der Waals surface area (Å²) in [5.41, 5.74) is 2.65. The first-order chi connectivity index (χ1) is 12.1. The van der Waals surface area contributed by atoms with Crippen molar-refractivity contribution in [2.45, 2.75) is 31.6 Å². The van der Waals surface area contributed by atoms with Crippen molar-refractivity contribution in [1.82, 2.24) is 4.98 Å². The van der Waals surface area contributed by atoms with E-state index in [2.05, 4.69) is 20.9 Å². The predicted octanol–water partition coefficient (Wildman–Crippen LogP) is 4.37. The summed E-state index contributed by atoms with van der Waals surface area (Å²) in [5.74, 6) is 0.590. The average Bonchev–Trinajstić information content (AvgIpc) is 2.63. The smallest absolute Gasteiger partial charge is 0.233 e. The van der Waals surface area contributed by atoms with Gasteiger partial charge in [0.25, 0.3) is 0 Å². The molecule has 4 nitrogen and oxygen atoms in total. The van der Waals surface area contributed by atoms with E-state index in [0.29, 0.717) is 18.7 Å². The molecule has 1 aromatic heterocycles. The van der Waals surface area contributed by atoms with Crippen LogP contribution in [-0.4, -0.2) is 16.7 Å². The molecule has 126 valence electrons. The normalized spacial score (nSPS) is 20.7. The topological polar surface area (TPSA) is 50.3 Å². The Kier molecular flexibility index (Phi) is 4.25. The number of benzene rings is 1. The Balaban J connectivity index is 1.85. The van der Waals surface area contributed by atoms with Crippen LogP contribution in [-0.2, 0) is 9.59 Å². The van der Waals surface area contributed by atoms with Crippen molar-refractivity contribution < 1.29 is 9.59 Å². The Hall–Kier alpha value is -2.27. The van der Waals surface area contributed by atoms with E-state index in [0.717, 1.165) is 34.1 Å². The van der Waals surface area contributed by atoms with Gasteiger partial charge in [0.1, 0.15) is 5.82 Å². The average molecular weight is 397 g/mol. The molecule has 2 heterocycles. The van der Waals surface area contributed by atoms with E-state index in [1.165, 1.54) is 0 Å². The summed E-state index contributed by atoms with van der Waals surface area (Å²) in [6.07, 6.45) is 4.04. The summed E-state index contributed by atoms with van der Waals surface area (Å²) < 4.78 is 0.858. The second kappa shape index (κ2) is 6.56. The third-order valence-electron chi connectivity index (χ3n) is 4.82. The molecular weight excluding hydrogens is 380 g/mol. The lowest BCUT2D eigenvalue weighted by atomic mass is 9.77. The summed E-state index contributed by atoms with van der Waals surface area (Å²) in [6, 6.07) is 13.5. The van der Waals surface area contributed by atoms with Crippen molar-refractivity contribution in [3.63, 3.8) is 0 Å². The van der Waals surface area contributed by atoms with Gasteiger partial charge < -0.3 is 0 Å². The maximum absolute atomic E-state index is 13.0. The minimum Gasteiger partial charge on any atom is -0.294 e. The third-order valence-corrected chi connectivity index (χ3v) is 5.29. The van der Waals surface area contributed by atoms with Crippen LogP contribution in [0.2, 0.25) is 0 Å². The van der Waals surface area contributed by atoms with Crippen LogP contribution in [0.5, 0.6) is 0 Å². The number of hydrogen-bond acceptors (Lipinski definition) is 3. The quantitative estimate of drug-likeness (QED) is 0.756. The van der Waals surface area contributed by atoms with Gasteiger partial charge in [-0.25, -0.2) is 4.98 Å². The van der Waals surface area contributed by atoms with E-state index in [9.17, 15) is 9.59 Å². The second-order valence-electron chi connectivity index (χ2n) is 6.37. The van der Waals surface area contributed by atoms with Gasteiger partial charge in [0.15, 0.2) is 5.78 Å². The molecule has 1 aliphatic heterocycles. The highest BCUT2D eigenvalue weighted by Crippen LogP contribution is 2.42. The van der Waals surface area contributed by atoms with Crippen molar-refractivity contribution in [3.05, 3.63) is 70.0 Å². The summed E-state index contributed by atoms with van der Waals surface area (Å²) in [4.78, 5) is 31.7. The number of aromatic nitrogens is 1. The number of Topliss-reactive ketones (excluding diaryl/α,β-unsaturated/α-hetero) is 1. The van der Waals surface area contributed by atoms with Crippen LogP contribution < -0.4 is 4.90 Å². The van der Waals surface area contributed by atoms with Gasteiger partial charge in [-0.1, -0.05) is 30.3 Å². The number of halogens is 1. The molecule has 0 N–H and O–H groups in total. The van der Waals surface area contributed by atoms with Gasteiger partial charge in [0.05, 0.1) is 0 Å². The molecule has 0 saturated heterocycles. The Morgan fingerprint density at radius 2 is 1.84 bits per heavy atom. The van der Waals surface area contributed by atoms with E-state index >= 15 is 0 Å². The van der Waals surface area contributed by atoms with Crippen molar-refractivity contribution in [3.8, 4) is 0 Å². The highest BCUT2D eigenvalue weighted by atomic mass is 79.9. The fourth-order valence-corrected chi connectivity index (χ4v) is 3.96. The molecule has 0 radical (unpaired) electrons. The molecule has 25 heavy (non-hydrogen) atoms. The lowest BCUT2D eigenvalue weighted by Crippen LogP contribution is -2.41. The SMILES string of the molecule is O=C1CCCC2=C1C(c1ccccc1)CC(=O)N2c1ccc(Br)cn1. The summed E-state index contributed by atoms with van der Waals surface area (Å²) in [5, 5.41) is 0. The van der Waals surface area contributed by atoms with E-state index in [4.69, 9.17) is 0 Å². The molecule has 2 aromatic rings. The Labute approximate surface area is 154 Å². The van der Waals surface area contributed by atoms with Crippen LogP contribution in [0, 0.1) is 0 Å². The zero-order valence-electron chi connectivity index (χ0n) is 13.6. The molecule has 1 aromatic carbocycles. The number of ketones is 1. The molecule has 5 heteroatoms. The largest absolute Gasteiger partial charge is 0.294 e.